The Bertz CT molecular complexity index is 962. The number of fused-ring (bicyclic) bond motifs is 2. The first-order valence-corrected chi connectivity index (χ1v) is 9.56. The summed E-state index contributed by atoms with van der Waals surface area (Å²) in [5, 5.41) is 0. The van der Waals surface area contributed by atoms with E-state index in [4.69, 9.17) is 13.9 Å². The number of carbonyl (C=O) groups is 3. The Morgan fingerprint density at radius 2 is 1.76 bits per heavy atom. The molecule has 29 heavy (non-hydrogen) atoms. The molecule has 1 aromatic rings. The quantitative estimate of drug-likeness (QED) is 0.552. The zero-order valence-electron chi connectivity index (χ0n) is 17.5. The van der Waals surface area contributed by atoms with Gasteiger partial charge in [0.15, 0.2) is 5.76 Å². The second-order valence-corrected chi connectivity index (χ2v) is 8.21. The van der Waals surface area contributed by atoms with Crippen LogP contribution in [0.2, 0.25) is 0 Å². The molecule has 0 aliphatic heterocycles. The van der Waals surface area contributed by atoms with E-state index in [0.29, 0.717) is 23.1 Å². The summed E-state index contributed by atoms with van der Waals surface area (Å²) in [5.41, 5.74) is 1.45. The van der Waals surface area contributed by atoms with E-state index < -0.39 is 29.6 Å². The predicted octanol–water partition coefficient (Wildman–Crippen LogP) is 4.41. The van der Waals surface area contributed by atoms with E-state index in [0.717, 1.165) is 5.56 Å². The molecule has 2 aliphatic carbocycles. The van der Waals surface area contributed by atoms with Gasteiger partial charge >= 0.3 is 11.9 Å². The van der Waals surface area contributed by atoms with Gasteiger partial charge in [0.05, 0.1) is 6.26 Å². The molecular weight excluding hydrogens is 372 g/mol. The third-order valence-corrected chi connectivity index (χ3v) is 6.10. The van der Waals surface area contributed by atoms with Crippen molar-refractivity contribution in [2.75, 3.05) is 0 Å². The molecular formula is C23H26O6. The van der Waals surface area contributed by atoms with Crippen LogP contribution in [-0.4, -0.2) is 23.8 Å². The molecule has 0 unspecified atom stereocenters. The molecule has 1 aromatic heterocycles. The molecule has 4 atom stereocenters. The number of hydrogen-bond acceptors (Lipinski definition) is 6. The highest BCUT2D eigenvalue weighted by Crippen LogP contribution is 2.58. The largest absolute Gasteiger partial charge is 0.460 e. The van der Waals surface area contributed by atoms with E-state index in [-0.39, 0.29) is 23.0 Å². The van der Waals surface area contributed by atoms with E-state index in [1.807, 2.05) is 13.8 Å². The zero-order valence-corrected chi connectivity index (χ0v) is 17.5. The van der Waals surface area contributed by atoms with E-state index in [2.05, 4.69) is 13.2 Å². The van der Waals surface area contributed by atoms with Gasteiger partial charge in [0, 0.05) is 40.0 Å². The lowest BCUT2D eigenvalue weighted by Crippen LogP contribution is -2.50. The number of ketones is 1. The molecule has 0 aromatic carbocycles. The first kappa shape index (κ1) is 20.8. The number of hydrogen-bond donors (Lipinski definition) is 0. The number of ether oxygens (including phenoxy) is 2. The molecule has 6 nitrogen and oxygen atoms in total. The second-order valence-electron chi connectivity index (χ2n) is 8.21. The summed E-state index contributed by atoms with van der Waals surface area (Å²) in [6.45, 7) is 16.0. The lowest BCUT2D eigenvalue weighted by Gasteiger charge is -2.49. The lowest BCUT2D eigenvalue weighted by atomic mass is 9.57. The predicted molar refractivity (Wildman–Crippen MR) is 106 cm³/mol. The van der Waals surface area contributed by atoms with Crippen molar-refractivity contribution in [2.45, 2.75) is 53.2 Å². The van der Waals surface area contributed by atoms with Gasteiger partial charge in [0.25, 0.3) is 0 Å². The van der Waals surface area contributed by atoms with Crippen LogP contribution in [0.25, 0.3) is 0 Å². The third kappa shape index (κ3) is 3.16. The maximum absolute atomic E-state index is 13.2. The molecule has 2 aliphatic rings. The number of rotatable bonds is 4. The van der Waals surface area contributed by atoms with Gasteiger partial charge in [-0.1, -0.05) is 33.1 Å². The molecule has 1 heterocycles. The van der Waals surface area contributed by atoms with Crippen LogP contribution in [0.1, 0.15) is 61.9 Å². The van der Waals surface area contributed by atoms with Crippen molar-refractivity contribution in [3.63, 3.8) is 0 Å². The zero-order chi connectivity index (χ0) is 21.7. The van der Waals surface area contributed by atoms with Crippen LogP contribution in [0.5, 0.6) is 0 Å². The summed E-state index contributed by atoms with van der Waals surface area (Å²) in [5.74, 6) is -1.38. The molecule has 3 rings (SSSR count). The standard InChI is InChI=1S/C23H26O6/c1-11(2)21(25)28-16-9-8-15-18(24)19-17(13(5)10-27-19)20(23(15,7)14(16)6)29-22(26)12(3)4/h8,10,14,16,20H,1,3,9H2,2,4-7H3/t14-,16-,20+,23+/m0/s1. The number of carbonyl (C=O) groups excluding carboxylic acids is 3. The highest BCUT2D eigenvalue weighted by atomic mass is 16.6. The molecule has 6 heteroatoms. The number of furan rings is 1. The minimum absolute atomic E-state index is 0.190. The van der Waals surface area contributed by atoms with E-state index >= 15 is 0 Å². The first-order valence-electron chi connectivity index (χ1n) is 9.56. The Labute approximate surface area is 170 Å². The fourth-order valence-corrected chi connectivity index (χ4v) is 4.16. The average molecular weight is 398 g/mol. The molecule has 0 radical (unpaired) electrons. The Morgan fingerprint density at radius 1 is 1.17 bits per heavy atom. The molecule has 0 saturated carbocycles. The molecule has 0 saturated heterocycles. The maximum Gasteiger partial charge on any atom is 0.333 e. The van der Waals surface area contributed by atoms with Crippen LogP contribution in [0.4, 0.5) is 0 Å². The fraction of sp³-hybridized carbons (Fsp3) is 0.435. The minimum atomic E-state index is -0.901. The molecule has 0 N–H and O–H groups in total. The highest BCUT2D eigenvalue weighted by molar-refractivity contribution is 6.10. The number of Topliss-reactive ketones (excluding diaryl/α,β-unsaturated/α-hetero) is 1. The maximum atomic E-state index is 13.2. The van der Waals surface area contributed by atoms with Crippen LogP contribution >= 0.6 is 0 Å². The minimum Gasteiger partial charge on any atom is -0.460 e. The van der Waals surface area contributed by atoms with Crippen LogP contribution in [0, 0.1) is 18.3 Å². The van der Waals surface area contributed by atoms with Crippen molar-refractivity contribution in [3.8, 4) is 0 Å². The van der Waals surface area contributed by atoms with Gasteiger partial charge in [0.2, 0.25) is 5.78 Å². The van der Waals surface area contributed by atoms with Crippen LogP contribution in [-0.2, 0) is 19.1 Å². The number of esters is 2. The summed E-state index contributed by atoms with van der Waals surface area (Å²) in [4.78, 5) is 37.8. The van der Waals surface area contributed by atoms with Gasteiger partial charge in [-0.15, -0.1) is 0 Å². The van der Waals surface area contributed by atoms with Gasteiger partial charge in [-0.25, -0.2) is 9.59 Å². The Balaban J connectivity index is 2.13. The van der Waals surface area contributed by atoms with Crippen LogP contribution < -0.4 is 0 Å². The third-order valence-electron chi connectivity index (χ3n) is 6.10. The van der Waals surface area contributed by atoms with Crippen molar-refractivity contribution in [3.05, 3.63) is 59.1 Å². The average Bonchev–Trinajstić information content (AvgIpc) is 3.03. The van der Waals surface area contributed by atoms with Crippen molar-refractivity contribution in [1.82, 2.24) is 0 Å². The monoisotopic (exact) mass is 398 g/mol. The summed E-state index contributed by atoms with van der Waals surface area (Å²) >= 11 is 0. The smallest absolute Gasteiger partial charge is 0.333 e. The van der Waals surface area contributed by atoms with E-state index in [1.165, 1.54) is 6.26 Å². The fourth-order valence-electron chi connectivity index (χ4n) is 4.16. The van der Waals surface area contributed by atoms with Gasteiger partial charge in [0.1, 0.15) is 12.2 Å². The molecule has 0 bridgehead atoms. The molecule has 0 fully saturated rings. The number of aryl methyl sites for hydroxylation is 1. The SMILES string of the molecule is C=C(C)C(=O)O[C@H]1CC=C2C(=O)c3occ(C)c3[C@@H](OC(=O)C(=C)C)[C@]2(C)[C@H]1C. The molecule has 154 valence electrons. The Morgan fingerprint density at radius 3 is 2.34 bits per heavy atom. The van der Waals surface area contributed by atoms with Gasteiger partial charge in [-0.2, -0.15) is 0 Å². The summed E-state index contributed by atoms with van der Waals surface area (Å²) in [7, 11) is 0. The molecule has 0 amide bonds. The van der Waals surface area contributed by atoms with Crippen molar-refractivity contribution in [1.29, 1.82) is 0 Å². The lowest BCUT2D eigenvalue weighted by molar-refractivity contribution is -0.162. The normalized spacial score (nSPS) is 28.0. The van der Waals surface area contributed by atoms with Crippen molar-refractivity contribution in [2.24, 2.45) is 11.3 Å². The van der Waals surface area contributed by atoms with Gasteiger partial charge in [-0.05, 0) is 26.3 Å². The van der Waals surface area contributed by atoms with E-state index in [1.54, 1.807) is 26.8 Å². The highest BCUT2D eigenvalue weighted by Gasteiger charge is 2.58. The second kappa shape index (κ2) is 7.17. The van der Waals surface area contributed by atoms with E-state index in [9.17, 15) is 14.4 Å². The van der Waals surface area contributed by atoms with Crippen LogP contribution in [0.15, 0.2) is 46.6 Å². The topological polar surface area (TPSA) is 82.8 Å². The first-order chi connectivity index (χ1) is 13.5. The van der Waals surface area contributed by atoms with Crippen LogP contribution in [0.3, 0.4) is 0 Å². The van der Waals surface area contributed by atoms with Gasteiger partial charge < -0.3 is 13.9 Å². The Hall–Kier alpha value is -2.89. The molecule has 0 spiro atoms. The van der Waals surface area contributed by atoms with Gasteiger partial charge in [-0.3, -0.25) is 4.79 Å². The summed E-state index contributed by atoms with van der Waals surface area (Å²) in [6, 6.07) is 0. The van der Waals surface area contributed by atoms with Crippen molar-refractivity contribution >= 4 is 17.7 Å². The Kier molecular flexibility index (Phi) is 5.15. The summed E-state index contributed by atoms with van der Waals surface area (Å²) < 4.78 is 17.0. The van der Waals surface area contributed by atoms with Crippen molar-refractivity contribution < 1.29 is 28.3 Å². The summed E-state index contributed by atoms with van der Waals surface area (Å²) in [6.07, 6.45) is 2.38.